The Hall–Kier alpha value is -2.98. The van der Waals surface area contributed by atoms with Gasteiger partial charge in [0.2, 0.25) is 21.1 Å². The van der Waals surface area contributed by atoms with Gasteiger partial charge in [0, 0.05) is 5.56 Å². The maximum absolute atomic E-state index is 12.5. The second-order valence-electron chi connectivity index (χ2n) is 6.48. The first kappa shape index (κ1) is 21.7. The van der Waals surface area contributed by atoms with Gasteiger partial charge in [-0.05, 0) is 48.4 Å². The molecule has 8 nitrogen and oxygen atoms in total. The number of carbonyl (C=O) groups is 1. The number of sulfonamides is 1. The molecule has 1 aromatic heterocycles. The first-order valence-corrected chi connectivity index (χ1v) is 11.8. The summed E-state index contributed by atoms with van der Waals surface area (Å²) >= 11 is 1.20. The first-order valence-electron chi connectivity index (χ1n) is 9.14. The molecule has 30 heavy (non-hydrogen) atoms. The van der Waals surface area contributed by atoms with Crippen molar-refractivity contribution in [3.05, 3.63) is 54.1 Å². The molecule has 2 aromatic carbocycles. The van der Waals surface area contributed by atoms with Gasteiger partial charge in [-0.15, -0.1) is 10.2 Å². The number of nitrogens with one attached hydrogen (secondary N) is 1. The third-order valence-electron chi connectivity index (χ3n) is 4.33. The van der Waals surface area contributed by atoms with Crippen molar-refractivity contribution in [2.45, 2.75) is 13.3 Å². The molecule has 0 unspecified atom stereocenters. The molecule has 1 heterocycles. The zero-order valence-electron chi connectivity index (χ0n) is 16.8. The molecule has 0 bridgehead atoms. The van der Waals surface area contributed by atoms with Crippen LogP contribution in [0.25, 0.3) is 10.6 Å². The van der Waals surface area contributed by atoms with E-state index in [0.29, 0.717) is 15.8 Å². The predicted octanol–water partition coefficient (Wildman–Crippen LogP) is 3.18. The van der Waals surface area contributed by atoms with E-state index in [4.69, 9.17) is 4.74 Å². The average molecular weight is 447 g/mol. The average Bonchev–Trinajstić information content (AvgIpc) is 3.20. The minimum atomic E-state index is -3.64. The van der Waals surface area contributed by atoms with Gasteiger partial charge >= 0.3 is 0 Å². The lowest BCUT2D eigenvalue weighted by molar-refractivity contribution is -0.114. The molecule has 0 radical (unpaired) electrons. The number of aryl methyl sites for hydroxylation is 1. The number of hydrogen-bond acceptors (Lipinski definition) is 7. The first-order chi connectivity index (χ1) is 14.3. The maximum atomic E-state index is 12.5. The van der Waals surface area contributed by atoms with Crippen LogP contribution in [-0.4, -0.2) is 44.4 Å². The number of ether oxygens (including phenoxy) is 1. The zero-order chi connectivity index (χ0) is 21.7. The third kappa shape index (κ3) is 5.33. The summed E-state index contributed by atoms with van der Waals surface area (Å²) < 4.78 is 30.6. The molecule has 3 aromatic rings. The second kappa shape index (κ2) is 9.23. The Morgan fingerprint density at radius 1 is 1.10 bits per heavy atom. The second-order valence-corrected chi connectivity index (χ2v) is 9.36. The molecule has 0 spiro atoms. The number of aromatic nitrogens is 2. The van der Waals surface area contributed by atoms with Gasteiger partial charge in [0.05, 0.1) is 19.1 Å². The smallest absolute Gasteiger partial charge is 0.246 e. The summed E-state index contributed by atoms with van der Waals surface area (Å²) in [4.78, 5) is 12.5. The van der Waals surface area contributed by atoms with Crippen LogP contribution in [0.5, 0.6) is 5.75 Å². The quantitative estimate of drug-likeness (QED) is 0.570. The summed E-state index contributed by atoms with van der Waals surface area (Å²) in [6, 6.07) is 14.4. The van der Waals surface area contributed by atoms with E-state index in [9.17, 15) is 13.2 Å². The zero-order valence-corrected chi connectivity index (χ0v) is 18.5. The van der Waals surface area contributed by atoms with Gasteiger partial charge in [-0.1, -0.05) is 30.4 Å². The van der Waals surface area contributed by atoms with Crippen LogP contribution in [0.3, 0.4) is 0 Å². The molecule has 0 aliphatic carbocycles. The molecule has 0 saturated heterocycles. The molecule has 0 saturated carbocycles. The van der Waals surface area contributed by atoms with Crippen LogP contribution in [0.2, 0.25) is 0 Å². The largest absolute Gasteiger partial charge is 0.497 e. The lowest BCUT2D eigenvalue weighted by Crippen LogP contribution is -2.37. The lowest BCUT2D eigenvalue weighted by Gasteiger charge is -2.21. The Bertz CT molecular complexity index is 1110. The van der Waals surface area contributed by atoms with Gasteiger partial charge in [0.15, 0.2) is 0 Å². The van der Waals surface area contributed by atoms with E-state index in [0.717, 1.165) is 33.9 Å². The number of methoxy groups -OCH3 is 1. The van der Waals surface area contributed by atoms with Crippen LogP contribution >= 0.6 is 11.3 Å². The molecule has 0 atom stereocenters. The molecule has 1 amide bonds. The molecular weight excluding hydrogens is 424 g/mol. The van der Waals surface area contributed by atoms with Gasteiger partial charge in [-0.2, -0.15) is 0 Å². The van der Waals surface area contributed by atoms with Gasteiger partial charge < -0.3 is 4.74 Å². The van der Waals surface area contributed by atoms with Crippen molar-refractivity contribution in [2.75, 3.05) is 29.5 Å². The maximum Gasteiger partial charge on any atom is 0.246 e. The summed E-state index contributed by atoms with van der Waals surface area (Å²) in [7, 11) is -2.05. The summed E-state index contributed by atoms with van der Waals surface area (Å²) in [5.74, 6) is 0.224. The Morgan fingerprint density at radius 3 is 2.33 bits per heavy atom. The number of hydrogen-bond donors (Lipinski definition) is 1. The van der Waals surface area contributed by atoms with Crippen LogP contribution in [0.15, 0.2) is 48.5 Å². The van der Waals surface area contributed by atoms with Crippen molar-refractivity contribution in [3.8, 4) is 16.3 Å². The number of rotatable bonds is 8. The van der Waals surface area contributed by atoms with E-state index in [1.54, 1.807) is 19.2 Å². The van der Waals surface area contributed by atoms with Crippen molar-refractivity contribution in [1.29, 1.82) is 0 Å². The Morgan fingerprint density at radius 2 is 1.77 bits per heavy atom. The standard InChI is InChI=1S/C20H22N4O4S2/c1-4-14-5-9-16(10-6-14)24(30(3,26)27)13-18(25)21-20-23-22-19(29-20)15-7-11-17(28-2)12-8-15/h5-12H,4,13H2,1-3H3,(H,21,23,25). The van der Waals surface area contributed by atoms with E-state index in [2.05, 4.69) is 15.5 Å². The summed E-state index contributed by atoms with van der Waals surface area (Å²) in [5, 5.41) is 11.6. The third-order valence-corrected chi connectivity index (χ3v) is 6.36. The van der Waals surface area contributed by atoms with Crippen LogP contribution in [-0.2, 0) is 21.2 Å². The fourth-order valence-electron chi connectivity index (χ4n) is 2.71. The monoisotopic (exact) mass is 446 g/mol. The van der Waals surface area contributed by atoms with E-state index in [1.807, 2.05) is 43.3 Å². The van der Waals surface area contributed by atoms with Crippen molar-refractivity contribution >= 4 is 38.1 Å². The van der Waals surface area contributed by atoms with Crippen molar-refractivity contribution in [3.63, 3.8) is 0 Å². The SMILES string of the molecule is CCc1ccc(N(CC(=O)Nc2nnc(-c3ccc(OC)cc3)s2)S(C)(=O)=O)cc1. The van der Waals surface area contributed by atoms with Crippen LogP contribution < -0.4 is 14.4 Å². The van der Waals surface area contributed by atoms with Crippen molar-refractivity contribution in [1.82, 2.24) is 10.2 Å². The van der Waals surface area contributed by atoms with Crippen molar-refractivity contribution < 1.29 is 17.9 Å². The number of nitrogens with zero attached hydrogens (tertiary/aromatic N) is 3. The molecule has 10 heteroatoms. The van der Waals surface area contributed by atoms with Gasteiger partial charge in [0.25, 0.3) is 0 Å². The number of carbonyl (C=O) groups excluding carboxylic acids is 1. The molecule has 0 aliphatic rings. The summed E-state index contributed by atoms with van der Waals surface area (Å²) in [6.45, 7) is 1.65. The van der Waals surface area contributed by atoms with E-state index in [1.165, 1.54) is 11.3 Å². The molecule has 1 N–H and O–H groups in total. The van der Waals surface area contributed by atoms with Gasteiger partial charge in [-0.25, -0.2) is 8.42 Å². The number of amides is 1. The molecular formula is C20H22N4O4S2. The predicted molar refractivity (Wildman–Crippen MR) is 119 cm³/mol. The highest BCUT2D eigenvalue weighted by Gasteiger charge is 2.21. The van der Waals surface area contributed by atoms with Crippen LogP contribution in [0.4, 0.5) is 10.8 Å². The highest BCUT2D eigenvalue weighted by molar-refractivity contribution is 7.92. The Balaban J connectivity index is 1.71. The summed E-state index contributed by atoms with van der Waals surface area (Å²) in [5.41, 5.74) is 2.35. The lowest BCUT2D eigenvalue weighted by atomic mass is 10.1. The topological polar surface area (TPSA) is 101 Å². The molecule has 158 valence electrons. The normalized spacial score (nSPS) is 11.2. The minimum absolute atomic E-state index is 0.292. The van der Waals surface area contributed by atoms with E-state index < -0.39 is 15.9 Å². The molecule has 3 rings (SSSR count). The van der Waals surface area contributed by atoms with E-state index >= 15 is 0 Å². The van der Waals surface area contributed by atoms with Crippen LogP contribution in [0, 0.1) is 0 Å². The molecule has 0 fully saturated rings. The highest BCUT2D eigenvalue weighted by Crippen LogP contribution is 2.28. The van der Waals surface area contributed by atoms with Gasteiger partial charge in [0.1, 0.15) is 17.3 Å². The fourth-order valence-corrected chi connectivity index (χ4v) is 4.33. The van der Waals surface area contributed by atoms with Crippen molar-refractivity contribution in [2.24, 2.45) is 0 Å². The molecule has 0 aliphatic heterocycles. The van der Waals surface area contributed by atoms with E-state index in [-0.39, 0.29) is 6.54 Å². The highest BCUT2D eigenvalue weighted by atomic mass is 32.2. The van der Waals surface area contributed by atoms with Crippen LogP contribution in [0.1, 0.15) is 12.5 Å². The number of anilines is 2. The van der Waals surface area contributed by atoms with Gasteiger partial charge in [-0.3, -0.25) is 14.4 Å². The minimum Gasteiger partial charge on any atom is -0.497 e. The fraction of sp³-hybridized carbons (Fsp3) is 0.250. The summed E-state index contributed by atoms with van der Waals surface area (Å²) in [6.07, 6.45) is 1.91. The Kier molecular flexibility index (Phi) is 6.68. The number of benzene rings is 2. The Labute approximate surface area is 179 Å².